The summed E-state index contributed by atoms with van der Waals surface area (Å²) >= 11 is 0. The highest BCUT2D eigenvalue weighted by atomic mass is 14.9. The van der Waals surface area contributed by atoms with E-state index in [1.54, 1.807) is 0 Å². The quantitative estimate of drug-likeness (QED) is 0.727. The molecule has 120 valence electrons. The zero-order chi connectivity index (χ0) is 17.1. The van der Waals surface area contributed by atoms with Gasteiger partial charge in [-0.15, -0.1) is 0 Å². The minimum atomic E-state index is 0.660. The van der Waals surface area contributed by atoms with Crippen molar-refractivity contribution in [2.75, 3.05) is 0 Å². The fraction of sp³-hybridized carbons (Fsp3) is 0.190. The van der Waals surface area contributed by atoms with Gasteiger partial charge in [-0.3, -0.25) is 0 Å². The van der Waals surface area contributed by atoms with Crippen molar-refractivity contribution in [1.29, 1.82) is 0 Å². The molecule has 0 aliphatic carbocycles. The summed E-state index contributed by atoms with van der Waals surface area (Å²) in [4.78, 5) is 14.1. The van der Waals surface area contributed by atoms with Gasteiger partial charge in [0, 0.05) is 16.5 Å². The molecule has 0 atom stereocenters. The zero-order valence-electron chi connectivity index (χ0n) is 14.5. The number of rotatable bonds is 2. The molecule has 0 fully saturated rings. The first-order chi connectivity index (χ1) is 11.6. The summed E-state index contributed by atoms with van der Waals surface area (Å²) in [5.41, 5.74) is 5.03. The van der Waals surface area contributed by atoms with Gasteiger partial charge in [-0.2, -0.15) is 0 Å². The molecule has 0 amide bonds. The molecule has 2 aromatic heterocycles. The van der Waals surface area contributed by atoms with Crippen LogP contribution in [0.1, 0.15) is 25.1 Å². The maximum absolute atomic E-state index is 4.84. The molecule has 0 saturated carbocycles. The molecule has 3 rings (SSSR count). The number of pyridine rings is 1. The van der Waals surface area contributed by atoms with Crippen LogP contribution in [0, 0.1) is 13.8 Å². The van der Waals surface area contributed by atoms with E-state index in [4.69, 9.17) is 9.97 Å². The van der Waals surface area contributed by atoms with Crippen molar-refractivity contribution in [3.8, 4) is 22.8 Å². The molecular weight excluding hydrogens is 294 g/mol. The Hall–Kier alpha value is -2.81. The Kier molecular flexibility index (Phi) is 4.52. The predicted molar refractivity (Wildman–Crippen MR) is 99.7 cm³/mol. The van der Waals surface area contributed by atoms with Gasteiger partial charge in [-0.25, -0.2) is 15.0 Å². The summed E-state index contributed by atoms with van der Waals surface area (Å²) in [6.07, 6.45) is 4.09. The molecule has 3 nitrogen and oxygen atoms in total. The normalized spacial score (nSPS) is 12.7. The van der Waals surface area contributed by atoms with Crippen LogP contribution in [0.5, 0.6) is 0 Å². The number of hydrogen-bond donors (Lipinski definition) is 0. The van der Waals surface area contributed by atoms with Crippen LogP contribution in [0.4, 0.5) is 0 Å². The first kappa shape index (κ1) is 16.1. The summed E-state index contributed by atoms with van der Waals surface area (Å²) in [5.74, 6) is 0.660. The van der Waals surface area contributed by atoms with Crippen LogP contribution in [0.2, 0.25) is 0 Å². The summed E-state index contributed by atoms with van der Waals surface area (Å²) < 4.78 is 0. The smallest absolute Gasteiger partial charge is 0.179 e. The van der Waals surface area contributed by atoms with Crippen LogP contribution in [-0.4, -0.2) is 15.0 Å². The molecule has 0 aliphatic rings. The molecule has 2 heterocycles. The molecule has 3 aromatic rings. The third kappa shape index (κ3) is 3.11. The number of aromatic nitrogens is 3. The van der Waals surface area contributed by atoms with E-state index in [0.717, 1.165) is 33.2 Å². The topological polar surface area (TPSA) is 38.7 Å². The third-order valence-electron chi connectivity index (χ3n) is 3.98. The van der Waals surface area contributed by atoms with Gasteiger partial charge < -0.3 is 0 Å². The Labute approximate surface area is 142 Å². The highest BCUT2D eigenvalue weighted by Crippen LogP contribution is 2.17. The Morgan fingerprint density at radius 2 is 1.54 bits per heavy atom. The van der Waals surface area contributed by atoms with Crippen molar-refractivity contribution in [2.24, 2.45) is 0 Å². The van der Waals surface area contributed by atoms with E-state index in [1.165, 1.54) is 5.56 Å². The molecule has 0 unspecified atom stereocenters. The van der Waals surface area contributed by atoms with E-state index in [0.29, 0.717) is 5.82 Å². The van der Waals surface area contributed by atoms with E-state index >= 15 is 0 Å². The average Bonchev–Trinajstić information content (AvgIpc) is 2.61. The second kappa shape index (κ2) is 6.75. The molecule has 0 N–H and O–H groups in total. The van der Waals surface area contributed by atoms with E-state index in [9.17, 15) is 0 Å². The average molecular weight is 315 g/mol. The molecular formula is C21H21N3. The summed E-state index contributed by atoms with van der Waals surface area (Å²) in [7, 11) is 0. The monoisotopic (exact) mass is 315 g/mol. The molecule has 0 radical (unpaired) electrons. The molecule has 0 saturated heterocycles. The lowest BCUT2D eigenvalue weighted by molar-refractivity contribution is 1.08. The Bertz CT molecular complexity index is 987. The zero-order valence-corrected chi connectivity index (χ0v) is 14.5. The number of nitrogens with zero attached hydrogens (tertiary/aromatic N) is 3. The van der Waals surface area contributed by atoms with E-state index in [2.05, 4.69) is 42.2 Å². The van der Waals surface area contributed by atoms with Crippen LogP contribution < -0.4 is 10.6 Å². The SMILES string of the molecule is C/C=c1/c(-c2ccc(C)cc2)nc(-c2cccc(C)n2)n/c1=C/C. The van der Waals surface area contributed by atoms with Crippen molar-refractivity contribution < 1.29 is 0 Å². The van der Waals surface area contributed by atoms with E-state index in [1.807, 2.05) is 45.0 Å². The predicted octanol–water partition coefficient (Wildman–Crippen LogP) is 3.42. The molecule has 0 spiro atoms. The third-order valence-corrected chi connectivity index (χ3v) is 3.98. The summed E-state index contributed by atoms with van der Waals surface area (Å²) in [6, 6.07) is 14.4. The standard InChI is InChI=1S/C21H21N3/c1-5-17-18(6-2)23-21(19-9-7-8-15(4)22-19)24-20(17)16-12-10-14(3)11-13-16/h5-13H,1-4H3/b17-5+,18-6+. The van der Waals surface area contributed by atoms with Crippen molar-refractivity contribution in [2.45, 2.75) is 27.7 Å². The van der Waals surface area contributed by atoms with Crippen LogP contribution in [-0.2, 0) is 0 Å². The minimum Gasteiger partial charge on any atom is -0.250 e. The number of benzene rings is 1. The lowest BCUT2D eigenvalue weighted by Gasteiger charge is -2.07. The van der Waals surface area contributed by atoms with Gasteiger partial charge in [0.1, 0.15) is 5.69 Å². The van der Waals surface area contributed by atoms with Gasteiger partial charge >= 0.3 is 0 Å². The Morgan fingerprint density at radius 3 is 2.17 bits per heavy atom. The van der Waals surface area contributed by atoms with Crippen molar-refractivity contribution in [3.63, 3.8) is 0 Å². The van der Waals surface area contributed by atoms with Crippen LogP contribution >= 0.6 is 0 Å². The van der Waals surface area contributed by atoms with E-state index in [-0.39, 0.29) is 0 Å². The maximum atomic E-state index is 4.84. The minimum absolute atomic E-state index is 0.660. The first-order valence-corrected chi connectivity index (χ1v) is 8.14. The Balaban J connectivity index is 2.32. The lowest BCUT2D eigenvalue weighted by Crippen LogP contribution is -2.31. The molecule has 1 aromatic carbocycles. The Morgan fingerprint density at radius 1 is 0.792 bits per heavy atom. The van der Waals surface area contributed by atoms with Gasteiger partial charge in [-0.05, 0) is 39.8 Å². The van der Waals surface area contributed by atoms with Crippen LogP contribution in [0.25, 0.3) is 34.9 Å². The van der Waals surface area contributed by atoms with Gasteiger partial charge in [0.2, 0.25) is 0 Å². The second-order valence-electron chi connectivity index (χ2n) is 5.80. The molecule has 24 heavy (non-hydrogen) atoms. The molecule has 0 bridgehead atoms. The van der Waals surface area contributed by atoms with Crippen molar-refractivity contribution >= 4 is 12.2 Å². The van der Waals surface area contributed by atoms with Gasteiger partial charge in [0.25, 0.3) is 0 Å². The fourth-order valence-corrected chi connectivity index (χ4v) is 2.71. The maximum Gasteiger partial charge on any atom is 0.179 e. The van der Waals surface area contributed by atoms with Crippen molar-refractivity contribution in [3.05, 3.63) is 64.3 Å². The van der Waals surface area contributed by atoms with Gasteiger partial charge in [0.05, 0.1) is 11.0 Å². The molecule has 0 aliphatic heterocycles. The highest BCUT2D eigenvalue weighted by molar-refractivity contribution is 5.64. The van der Waals surface area contributed by atoms with Crippen LogP contribution in [0.3, 0.4) is 0 Å². The summed E-state index contributed by atoms with van der Waals surface area (Å²) in [6.45, 7) is 8.09. The van der Waals surface area contributed by atoms with Gasteiger partial charge in [-0.1, -0.05) is 48.0 Å². The van der Waals surface area contributed by atoms with E-state index < -0.39 is 0 Å². The number of hydrogen-bond acceptors (Lipinski definition) is 3. The summed E-state index contributed by atoms with van der Waals surface area (Å²) in [5, 5.41) is 1.99. The second-order valence-corrected chi connectivity index (χ2v) is 5.80. The highest BCUT2D eigenvalue weighted by Gasteiger charge is 2.09. The van der Waals surface area contributed by atoms with Crippen LogP contribution in [0.15, 0.2) is 42.5 Å². The first-order valence-electron chi connectivity index (χ1n) is 8.14. The lowest BCUT2D eigenvalue weighted by atomic mass is 10.1. The molecule has 3 heteroatoms. The van der Waals surface area contributed by atoms with Crippen molar-refractivity contribution in [1.82, 2.24) is 15.0 Å². The van der Waals surface area contributed by atoms with Gasteiger partial charge in [0.15, 0.2) is 5.82 Å². The largest absolute Gasteiger partial charge is 0.250 e. The fourth-order valence-electron chi connectivity index (χ4n) is 2.71. The number of aryl methyl sites for hydroxylation is 2.